The van der Waals surface area contributed by atoms with Gasteiger partial charge in [0.1, 0.15) is 0 Å². The van der Waals surface area contributed by atoms with E-state index in [4.69, 9.17) is 0 Å². The number of ketones is 1. The van der Waals surface area contributed by atoms with Crippen LogP contribution in [-0.2, 0) is 14.4 Å². The van der Waals surface area contributed by atoms with Gasteiger partial charge in [-0.2, -0.15) is 5.01 Å². The van der Waals surface area contributed by atoms with Crippen molar-refractivity contribution in [2.75, 3.05) is 0 Å². The van der Waals surface area contributed by atoms with Crippen LogP contribution in [0.4, 0.5) is 0 Å². The molecule has 5 nitrogen and oxygen atoms in total. The Labute approximate surface area is 123 Å². The predicted molar refractivity (Wildman–Crippen MR) is 74.3 cm³/mol. The van der Waals surface area contributed by atoms with E-state index < -0.39 is 0 Å². The number of imide groups is 1. The van der Waals surface area contributed by atoms with Gasteiger partial charge in [-0.3, -0.25) is 19.8 Å². The number of carbonyl (C=O) groups is 3. The van der Waals surface area contributed by atoms with Crippen molar-refractivity contribution in [3.63, 3.8) is 0 Å². The van der Waals surface area contributed by atoms with E-state index in [0.29, 0.717) is 12.0 Å². The van der Waals surface area contributed by atoms with E-state index in [1.165, 1.54) is 0 Å². The maximum absolute atomic E-state index is 12.4. The molecule has 2 amide bonds. The Morgan fingerprint density at radius 1 is 1.00 bits per heavy atom. The molecule has 4 aliphatic rings. The fraction of sp³-hybridized carbons (Fsp3) is 0.562. The number of Topliss-reactive ketones (excluding diaryl/α,β-unsaturated/α-hetero) is 1. The lowest BCUT2D eigenvalue weighted by Crippen LogP contribution is -2.41. The fourth-order valence-electron chi connectivity index (χ4n) is 4.23. The number of fused-ring (bicyclic) bond motifs is 5. The van der Waals surface area contributed by atoms with Gasteiger partial charge in [0.25, 0.3) is 11.8 Å². The molecular weight excluding hydrogens is 268 g/mol. The summed E-state index contributed by atoms with van der Waals surface area (Å²) in [5.74, 6) is -0.112. The van der Waals surface area contributed by atoms with E-state index in [2.05, 4.69) is 17.6 Å². The number of allylic oxidation sites excluding steroid dienone is 3. The Morgan fingerprint density at radius 3 is 2.24 bits per heavy atom. The molecule has 0 spiro atoms. The molecule has 0 aromatic heterocycles. The predicted octanol–water partition coefficient (Wildman–Crippen LogP) is 1.33. The van der Waals surface area contributed by atoms with Gasteiger partial charge in [-0.25, -0.2) is 0 Å². The summed E-state index contributed by atoms with van der Waals surface area (Å²) < 4.78 is 0. The molecule has 4 rings (SSSR count). The lowest BCUT2D eigenvalue weighted by molar-refractivity contribution is -0.143. The molecule has 1 saturated heterocycles. The number of hydrogen-bond donors (Lipinski definition) is 1. The van der Waals surface area contributed by atoms with Crippen molar-refractivity contribution in [1.82, 2.24) is 10.4 Å². The van der Waals surface area contributed by atoms with Crippen LogP contribution in [0, 0.1) is 23.7 Å². The second-order valence-electron chi connectivity index (χ2n) is 6.44. The van der Waals surface area contributed by atoms with Crippen molar-refractivity contribution in [2.24, 2.45) is 23.7 Å². The number of hydrogen-bond acceptors (Lipinski definition) is 4. The first-order valence-electron chi connectivity index (χ1n) is 7.71. The fourth-order valence-corrected chi connectivity index (χ4v) is 4.23. The van der Waals surface area contributed by atoms with Crippen molar-refractivity contribution in [1.29, 1.82) is 0 Å². The third-order valence-electron chi connectivity index (χ3n) is 5.30. The van der Waals surface area contributed by atoms with E-state index in [1.807, 2.05) is 0 Å². The Kier molecular flexibility index (Phi) is 2.77. The van der Waals surface area contributed by atoms with Gasteiger partial charge in [-0.1, -0.05) is 12.2 Å². The molecule has 4 atom stereocenters. The zero-order valence-corrected chi connectivity index (χ0v) is 11.7. The third kappa shape index (κ3) is 1.79. The maximum Gasteiger partial charge on any atom is 0.252 e. The summed E-state index contributed by atoms with van der Waals surface area (Å²) in [7, 11) is 0. The number of hydrazine groups is 1. The maximum atomic E-state index is 12.4. The third-order valence-corrected chi connectivity index (χ3v) is 5.30. The van der Waals surface area contributed by atoms with Gasteiger partial charge >= 0.3 is 0 Å². The Hall–Kier alpha value is -1.91. The zero-order valence-electron chi connectivity index (χ0n) is 11.7. The van der Waals surface area contributed by atoms with Gasteiger partial charge < -0.3 is 0 Å². The van der Waals surface area contributed by atoms with E-state index in [0.717, 1.165) is 30.7 Å². The number of nitrogens with one attached hydrogen (secondary N) is 1. The highest BCUT2D eigenvalue weighted by Gasteiger charge is 2.59. The highest BCUT2D eigenvalue weighted by molar-refractivity contribution is 6.06. The van der Waals surface area contributed by atoms with Gasteiger partial charge in [0.2, 0.25) is 0 Å². The summed E-state index contributed by atoms with van der Waals surface area (Å²) in [5.41, 5.74) is 3.50. The second kappa shape index (κ2) is 4.55. The summed E-state index contributed by atoms with van der Waals surface area (Å²) in [6, 6.07) is 0. The van der Waals surface area contributed by atoms with Crippen LogP contribution in [0.3, 0.4) is 0 Å². The van der Waals surface area contributed by atoms with Crippen molar-refractivity contribution in [3.05, 3.63) is 23.9 Å². The molecule has 3 fully saturated rings. The topological polar surface area (TPSA) is 66.5 Å². The van der Waals surface area contributed by atoms with Gasteiger partial charge in [-0.05, 0) is 37.5 Å². The molecular formula is C16H18N2O3. The van der Waals surface area contributed by atoms with Crippen LogP contribution < -0.4 is 5.43 Å². The highest BCUT2D eigenvalue weighted by Crippen LogP contribution is 2.52. The van der Waals surface area contributed by atoms with E-state index in [-0.39, 0.29) is 41.3 Å². The Bertz CT molecular complexity index is 562. The summed E-state index contributed by atoms with van der Waals surface area (Å²) in [5, 5.41) is 1.14. The number of nitrogens with zero attached hydrogens (tertiary/aromatic N) is 1. The summed E-state index contributed by atoms with van der Waals surface area (Å²) in [6.07, 6.45) is 9.84. The van der Waals surface area contributed by atoms with Crippen LogP contribution in [-0.4, -0.2) is 22.6 Å². The SMILES string of the molecule is O=C1CCCC/C1=C/NN1C(=O)C2C3C=CC(C3)C2C1=O. The van der Waals surface area contributed by atoms with Crippen molar-refractivity contribution in [3.8, 4) is 0 Å². The highest BCUT2D eigenvalue weighted by atomic mass is 16.2. The molecule has 110 valence electrons. The summed E-state index contributed by atoms with van der Waals surface area (Å²) in [6.45, 7) is 0. The monoisotopic (exact) mass is 286 g/mol. The van der Waals surface area contributed by atoms with Crippen molar-refractivity contribution < 1.29 is 14.4 Å². The molecule has 4 unspecified atom stereocenters. The largest absolute Gasteiger partial charge is 0.296 e. The molecule has 1 aliphatic heterocycles. The molecule has 2 saturated carbocycles. The van der Waals surface area contributed by atoms with Crippen LogP contribution in [0.15, 0.2) is 23.9 Å². The summed E-state index contributed by atoms with van der Waals surface area (Å²) in [4.78, 5) is 36.6. The lowest BCUT2D eigenvalue weighted by atomic mass is 9.85. The van der Waals surface area contributed by atoms with Gasteiger partial charge in [0.05, 0.1) is 11.8 Å². The molecule has 2 bridgehead atoms. The quantitative estimate of drug-likeness (QED) is 0.472. The minimum Gasteiger partial charge on any atom is -0.296 e. The Morgan fingerprint density at radius 2 is 1.62 bits per heavy atom. The first-order chi connectivity index (χ1) is 10.2. The van der Waals surface area contributed by atoms with Crippen LogP contribution >= 0.6 is 0 Å². The van der Waals surface area contributed by atoms with Gasteiger partial charge in [0.15, 0.2) is 5.78 Å². The summed E-state index contributed by atoms with van der Waals surface area (Å²) >= 11 is 0. The molecule has 1 heterocycles. The number of amides is 2. The van der Waals surface area contributed by atoms with Crippen molar-refractivity contribution in [2.45, 2.75) is 32.1 Å². The minimum atomic E-state index is -0.194. The zero-order chi connectivity index (χ0) is 14.6. The molecule has 0 radical (unpaired) electrons. The van der Waals surface area contributed by atoms with Crippen LogP contribution in [0.25, 0.3) is 0 Å². The molecule has 1 N–H and O–H groups in total. The molecule has 3 aliphatic carbocycles. The average Bonchev–Trinajstić information content (AvgIpc) is 3.14. The molecule has 5 heteroatoms. The van der Waals surface area contributed by atoms with Crippen LogP contribution in [0.5, 0.6) is 0 Å². The second-order valence-corrected chi connectivity index (χ2v) is 6.44. The molecule has 0 aromatic rings. The van der Waals surface area contributed by atoms with Crippen molar-refractivity contribution >= 4 is 17.6 Å². The first kappa shape index (κ1) is 12.8. The Balaban J connectivity index is 1.52. The minimum absolute atomic E-state index is 0.120. The standard InChI is InChI=1S/C16H18N2O3/c19-12-4-2-1-3-11(12)8-17-18-15(20)13-9-5-6-10(7-9)14(13)16(18)21/h5-6,8-10,13-14,17H,1-4,7H2/b11-8-. The number of rotatable bonds is 2. The van der Waals surface area contributed by atoms with Crippen LogP contribution in [0.1, 0.15) is 32.1 Å². The van der Waals surface area contributed by atoms with Gasteiger partial charge in [-0.15, -0.1) is 0 Å². The van der Waals surface area contributed by atoms with E-state index in [1.54, 1.807) is 6.20 Å². The van der Waals surface area contributed by atoms with Gasteiger partial charge in [0, 0.05) is 18.2 Å². The first-order valence-corrected chi connectivity index (χ1v) is 7.71. The van der Waals surface area contributed by atoms with E-state index >= 15 is 0 Å². The lowest BCUT2D eigenvalue weighted by Gasteiger charge is -2.19. The molecule has 0 aromatic carbocycles. The van der Waals surface area contributed by atoms with E-state index in [9.17, 15) is 14.4 Å². The van der Waals surface area contributed by atoms with Crippen LogP contribution in [0.2, 0.25) is 0 Å². The normalized spacial score (nSPS) is 39.5. The molecule has 21 heavy (non-hydrogen) atoms. The smallest absolute Gasteiger partial charge is 0.252 e. The number of carbonyl (C=O) groups excluding carboxylic acids is 3. The average molecular weight is 286 g/mol.